The molecule has 2 amide bonds. The first-order valence-electron chi connectivity index (χ1n) is 4.95. The number of rotatable bonds is 3. The maximum atomic E-state index is 12.0. The molecule has 9 heteroatoms. The molecule has 0 bridgehead atoms. The van der Waals surface area contributed by atoms with Crippen LogP contribution in [0.3, 0.4) is 0 Å². The molecule has 1 aromatic carbocycles. The minimum Gasteiger partial charge on any atom is -0.406 e. The second-order valence-corrected chi connectivity index (χ2v) is 3.35. The fraction of sp³-hybridized carbons (Fsp3) is 0.200. The average molecular weight is 277 g/mol. The number of hydrazine groups is 1. The zero-order chi connectivity index (χ0) is 14.5. The lowest BCUT2D eigenvalue weighted by molar-refractivity contribution is -0.274. The first kappa shape index (κ1) is 14.8. The Bertz CT molecular complexity index is 477. The van der Waals surface area contributed by atoms with Crippen molar-refractivity contribution in [2.75, 3.05) is 0 Å². The van der Waals surface area contributed by atoms with Crippen LogP contribution in [-0.2, 0) is 16.1 Å². The maximum absolute atomic E-state index is 12.0. The van der Waals surface area contributed by atoms with Crippen molar-refractivity contribution in [3.63, 3.8) is 0 Å². The average Bonchev–Trinajstić information content (AvgIpc) is 2.33. The molecular formula is C10H10F3N3O3. The number of carbonyl (C=O) groups excluding carboxylic acids is 2. The third-order valence-corrected chi connectivity index (χ3v) is 1.92. The fourth-order valence-corrected chi connectivity index (χ4v) is 1.18. The Labute approximate surface area is 105 Å². The molecular weight excluding hydrogens is 267 g/mol. The third kappa shape index (κ3) is 5.25. The number of benzene rings is 1. The van der Waals surface area contributed by atoms with Crippen LogP contribution in [0.5, 0.6) is 5.75 Å². The minimum absolute atomic E-state index is 0.138. The zero-order valence-corrected chi connectivity index (χ0v) is 9.45. The number of halogens is 3. The topological polar surface area (TPSA) is 93.5 Å². The van der Waals surface area contributed by atoms with E-state index in [-0.39, 0.29) is 6.54 Å². The molecule has 0 saturated heterocycles. The molecule has 0 spiro atoms. The van der Waals surface area contributed by atoms with Crippen molar-refractivity contribution in [2.45, 2.75) is 12.9 Å². The van der Waals surface area contributed by atoms with Crippen LogP contribution in [0.25, 0.3) is 0 Å². The number of alkyl halides is 3. The molecule has 0 aliphatic rings. The normalized spacial score (nSPS) is 10.7. The van der Waals surface area contributed by atoms with Gasteiger partial charge in [-0.3, -0.25) is 15.0 Å². The summed E-state index contributed by atoms with van der Waals surface area (Å²) in [5.41, 5.74) is 1.95. The Hall–Kier alpha value is -2.29. The van der Waals surface area contributed by atoms with E-state index in [0.29, 0.717) is 5.56 Å². The van der Waals surface area contributed by atoms with Crippen LogP contribution in [0, 0.1) is 0 Å². The molecule has 6 nitrogen and oxygen atoms in total. The van der Waals surface area contributed by atoms with Crippen molar-refractivity contribution in [3.05, 3.63) is 29.8 Å². The summed E-state index contributed by atoms with van der Waals surface area (Å²) in [6.07, 6.45) is -4.79. The quantitative estimate of drug-likeness (QED) is 0.318. The molecule has 0 fully saturated rings. The van der Waals surface area contributed by atoms with Gasteiger partial charge in [-0.2, -0.15) is 0 Å². The summed E-state index contributed by atoms with van der Waals surface area (Å²) in [6.45, 7) is -0.138. The van der Waals surface area contributed by atoms with Crippen LogP contribution < -0.4 is 21.3 Å². The van der Waals surface area contributed by atoms with Crippen LogP contribution in [0.15, 0.2) is 24.3 Å². The molecule has 0 aliphatic carbocycles. The summed E-state index contributed by atoms with van der Waals surface area (Å²) in [6, 6.07) is 4.99. The second-order valence-electron chi connectivity index (χ2n) is 3.35. The van der Waals surface area contributed by atoms with Gasteiger partial charge in [0.2, 0.25) is 0 Å². The van der Waals surface area contributed by atoms with E-state index in [4.69, 9.17) is 5.84 Å². The number of ether oxygens (including phenoxy) is 1. The largest absolute Gasteiger partial charge is 0.573 e. The van der Waals surface area contributed by atoms with Gasteiger partial charge in [0.05, 0.1) is 0 Å². The second kappa shape index (κ2) is 6.05. The molecule has 104 valence electrons. The number of nitrogens with one attached hydrogen (secondary N) is 2. The van der Waals surface area contributed by atoms with Crippen molar-refractivity contribution in [2.24, 2.45) is 5.84 Å². The molecule has 0 heterocycles. The summed E-state index contributed by atoms with van der Waals surface area (Å²) in [7, 11) is 0. The Kier molecular flexibility index (Phi) is 4.70. The van der Waals surface area contributed by atoms with Crippen molar-refractivity contribution in [1.82, 2.24) is 10.7 Å². The third-order valence-electron chi connectivity index (χ3n) is 1.92. The van der Waals surface area contributed by atoms with Crippen LogP contribution in [0.4, 0.5) is 13.2 Å². The molecule has 0 aromatic heterocycles. The van der Waals surface area contributed by atoms with Crippen molar-refractivity contribution >= 4 is 11.8 Å². The van der Waals surface area contributed by atoms with Gasteiger partial charge < -0.3 is 10.1 Å². The smallest absolute Gasteiger partial charge is 0.406 e. The highest BCUT2D eigenvalue weighted by Crippen LogP contribution is 2.23. The molecule has 0 unspecified atom stereocenters. The van der Waals surface area contributed by atoms with Gasteiger partial charge >= 0.3 is 18.2 Å². The molecule has 4 N–H and O–H groups in total. The van der Waals surface area contributed by atoms with Crippen LogP contribution in [-0.4, -0.2) is 18.2 Å². The Balaban J connectivity index is 2.63. The highest BCUT2D eigenvalue weighted by Gasteiger charge is 2.31. The SMILES string of the molecule is NNC(=O)C(=O)NCc1cccc(OC(F)(F)F)c1. The Morgan fingerprint density at radius 3 is 2.53 bits per heavy atom. The van der Waals surface area contributed by atoms with Gasteiger partial charge in [0, 0.05) is 6.54 Å². The van der Waals surface area contributed by atoms with Crippen LogP contribution >= 0.6 is 0 Å². The number of amides is 2. The van der Waals surface area contributed by atoms with E-state index < -0.39 is 23.9 Å². The minimum atomic E-state index is -4.79. The van der Waals surface area contributed by atoms with Gasteiger partial charge in [-0.25, -0.2) is 5.84 Å². The summed E-state index contributed by atoms with van der Waals surface area (Å²) >= 11 is 0. The molecule has 0 atom stereocenters. The summed E-state index contributed by atoms with van der Waals surface area (Å²) < 4.78 is 39.6. The van der Waals surface area contributed by atoms with Gasteiger partial charge in [0.1, 0.15) is 5.75 Å². The summed E-state index contributed by atoms with van der Waals surface area (Å²) in [5, 5.41) is 2.17. The Morgan fingerprint density at radius 2 is 1.95 bits per heavy atom. The fourth-order valence-electron chi connectivity index (χ4n) is 1.18. The van der Waals surface area contributed by atoms with E-state index in [1.807, 2.05) is 0 Å². The highest BCUT2D eigenvalue weighted by atomic mass is 19.4. The predicted octanol–water partition coefficient (Wildman–Crippen LogP) is 0.191. The van der Waals surface area contributed by atoms with Crippen molar-refractivity contribution < 1.29 is 27.5 Å². The highest BCUT2D eigenvalue weighted by molar-refractivity contribution is 6.34. The molecule has 1 rings (SSSR count). The van der Waals surface area contributed by atoms with E-state index in [9.17, 15) is 22.8 Å². The number of hydrogen-bond donors (Lipinski definition) is 3. The van der Waals surface area contributed by atoms with E-state index in [2.05, 4.69) is 10.1 Å². The lowest BCUT2D eigenvalue weighted by Gasteiger charge is -2.10. The molecule has 0 saturated carbocycles. The van der Waals surface area contributed by atoms with Crippen molar-refractivity contribution in [3.8, 4) is 5.75 Å². The monoisotopic (exact) mass is 277 g/mol. The molecule has 0 aliphatic heterocycles. The van der Waals surface area contributed by atoms with Gasteiger partial charge in [-0.1, -0.05) is 12.1 Å². The maximum Gasteiger partial charge on any atom is 0.573 e. The number of carbonyl (C=O) groups is 2. The number of nitrogens with two attached hydrogens (primary N) is 1. The Morgan fingerprint density at radius 1 is 1.26 bits per heavy atom. The van der Waals surface area contributed by atoms with Gasteiger partial charge in [-0.15, -0.1) is 13.2 Å². The summed E-state index contributed by atoms with van der Waals surface area (Å²) in [4.78, 5) is 21.8. The van der Waals surface area contributed by atoms with Crippen molar-refractivity contribution in [1.29, 1.82) is 0 Å². The van der Waals surface area contributed by atoms with Crippen LogP contribution in [0.2, 0.25) is 0 Å². The lowest BCUT2D eigenvalue weighted by Crippen LogP contribution is -2.42. The first-order chi connectivity index (χ1) is 8.81. The summed E-state index contributed by atoms with van der Waals surface area (Å²) in [5.74, 6) is 2.27. The first-order valence-corrected chi connectivity index (χ1v) is 4.95. The lowest BCUT2D eigenvalue weighted by atomic mass is 10.2. The molecule has 1 aromatic rings. The van der Waals surface area contributed by atoms with E-state index in [0.717, 1.165) is 12.1 Å². The van der Waals surface area contributed by atoms with E-state index >= 15 is 0 Å². The van der Waals surface area contributed by atoms with E-state index in [1.165, 1.54) is 12.1 Å². The van der Waals surface area contributed by atoms with Crippen LogP contribution in [0.1, 0.15) is 5.56 Å². The van der Waals surface area contributed by atoms with Gasteiger partial charge in [-0.05, 0) is 17.7 Å². The molecule has 0 radical (unpaired) electrons. The number of hydrogen-bond acceptors (Lipinski definition) is 4. The zero-order valence-electron chi connectivity index (χ0n) is 9.45. The van der Waals surface area contributed by atoms with Gasteiger partial charge in [0.25, 0.3) is 0 Å². The standard InChI is InChI=1S/C10H10F3N3O3/c11-10(12,13)19-7-3-1-2-6(4-7)5-15-8(17)9(18)16-14/h1-4H,5,14H2,(H,15,17)(H,16,18). The van der Waals surface area contributed by atoms with E-state index in [1.54, 1.807) is 5.43 Å². The van der Waals surface area contributed by atoms with Gasteiger partial charge in [0.15, 0.2) is 0 Å². The predicted molar refractivity (Wildman–Crippen MR) is 57.3 cm³/mol. The molecule has 19 heavy (non-hydrogen) atoms.